The molecule has 0 unspecified atom stereocenters. The number of rotatable bonds is 4. The average molecular weight is 429 g/mol. The van der Waals surface area contributed by atoms with Gasteiger partial charge in [0.2, 0.25) is 0 Å². The molecule has 0 aliphatic rings. The molecule has 28 heavy (non-hydrogen) atoms. The van der Waals surface area contributed by atoms with Gasteiger partial charge in [-0.1, -0.05) is 29.3 Å². The molecule has 0 fully saturated rings. The first-order valence-corrected chi connectivity index (χ1v) is 9.75. The smallest absolute Gasteiger partial charge is 0.191 e. The van der Waals surface area contributed by atoms with E-state index in [1.807, 2.05) is 24.3 Å². The molecule has 0 saturated heterocycles. The number of nitrogens with two attached hydrogens (primary N) is 1. The maximum absolute atomic E-state index is 7.38. The van der Waals surface area contributed by atoms with Crippen LogP contribution in [0.5, 0.6) is 0 Å². The Morgan fingerprint density at radius 1 is 1.07 bits per heavy atom. The fourth-order valence-corrected chi connectivity index (χ4v) is 4.44. The van der Waals surface area contributed by atoms with Crippen molar-refractivity contribution in [3.8, 4) is 32.3 Å². The zero-order valence-electron chi connectivity index (χ0n) is 14.3. The summed E-state index contributed by atoms with van der Waals surface area (Å²) in [6.07, 6.45) is 5.16. The van der Waals surface area contributed by atoms with E-state index in [4.69, 9.17) is 34.3 Å². The SMILES string of the molecule is N=C(N)Nc1cc(-c2cc(-c3ccc(Cl)cc3Cl)c(-c3ncc[nH]3)s2)ccn1. The molecule has 0 amide bonds. The summed E-state index contributed by atoms with van der Waals surface area (Å²) in [6.45, 7) is 0. The Balaban J connectivity index is 1.86. The Hall–Kier alpha value is -2.87. The van der Waals surface area contributed by atoms with Crippen molar-refractivity contribution in [3.63, 3.8) is 0 Å². The molecule has 0 aliphatic carbocycles. The topological polar surface area (TPSA) is 103 Å². The number of halogens is 2. The highest BCUT2D eigenvalue weighted by Crippen LogP contribution is 2.44. The predicted molar refractivity (Wildman–Crippen MR) is 116 cm³/mol. The molecule has 9 heteroatoms. The maximum atomic E-state index is 7.38. The van der Waals surface area contributed by atoms with Crippen molar-refractivity contribution in [2.75, 3.05) is 5.32 Å². The molecule has 0 radical (unpaired) electrons. The van der Waals surface area contributed by atoms with E-state index >= 15 is 0 Å². The van der Waals surface area contributed by atoms with Gasteiger partial charge in [-0.2, -0.15) is 0 Å². The van der Waals surface area contributed by atoms with Crippen molar-refractivity contribution >= 4 is 46.3 Å². The minimum atomic E-state index is -0.166. The third-order valence-electron chi connectivity index (χ3n) is 3.97. The van der Waals surface area contributed by atoms with Crippen LogP contribution in [0.4, 0.5) is 5.82 Å². The van der Waals surface area contributed by atoms with Gasteiger partial charge in [-0.15, -0.1) is 11.3 Å². The lowest BCUT2D eigenvalue weighted by atomic mass is 10.0. The van der Waals surface area contributed by atoms with Crippen LogP contribution in [0.15, 0.2) is 55.0 Å². The molecule has 3 heterocycles. The highest BCUT2D eigenvalue weighted by Gasteiger charge is 2.18. The van der Waals surface area contributed by atoms with Crippen molar-refractivity contribution in [1.82, 2.24) is 15.0 Å². The Kier molecular flexibility index (Phi) is 5.04. The first-order chi connectivity index (χ1) is 13.5. The number of hydrogen-bond acceptors (Lipinski definition) is 4. The summed E-state index contributed by atoms with van der Waals surface area (Å²) in [6, 6.07) is 11.2. The summed E-state index contributed by atoms with van der Waals surface area (Å²) in [5.74, 6) is 1.10. The predicted octanol–water partition coefficient (Wildman–Crippen LogP) is 5.48. The van der Waals surface area contributed by atoms with Gasteiger partial charge in [0.05, 0.1) is 4.88 Å². The van der Waals surface area contributed by atoms with Crippen LogP contribution in [-0.4, -0.2) is 20.9 Å². The molecule has 0 atom stereocenters. The fraction of sp³-hybridized carbons (Fsp3) is 0. The lowest BCUT2D eigenvalue weighted by molar-refractivity contribution is 1.30. The van der Waals surface area contributed by atoms with Gasteiger partial charge in [0.1, 0.15) is 11.6 Å². The highest BCUT2D eigenvalue weighted by molar-refractivity contribution is 7.19. The first-order valence-electron chi connectivity index (χ1n) is 8.18. The van der Waals surface area contributed by atoms with Crippen LogP contribution in [0.3, 0.4) is 0 Å². The molecular weight excluding hydrogens is 415 g/mol. The van der Waals surface area contributed by atoms with Crippen molar-refractivity contribution in [3.05, 3.63) is 65.0 Å². The third-order valence-corrected chi connectivity index (χ3v) is 5.71. The van der Waals surface area contributed by atoms with Crippen molar-refractivity contribution in [1.29, 1.82) is 5.41 Å². The number of nitrogens with one attached hydrogen (secondary N) is 3. The monoisotopic (exact) mass is 428 g/mol. The molecule has 1 aromatic carbocycles. The number of benzene rings is 1. The Bertz CT molecular complexity index is 1150. The maximum Gasteiger partial charge on any atom is 0.191 e. The van der Waals surface area contributed by atoms with Gasteiger partial charge in [-0.05, 0) is 35.9 Å². The van der Waals surface area contributed by atoms with Crippen LogP contribution < -0.4 is 11.1 Å². The van der Waals surface area contributed by atoms with Gasteiger partial charge in [0.25, 0.3) is 0 Å². The van der Waals surface area contributed by atoms with Crippen molar-refractivity contribution < 1.29 is 0 Å². The number of nitrogens with zero attached hydrogens (tertiary/aromatic N) is 2. The first kappa shape index (κ1) is 18.5. The second kappa shape index (κ2) is 7.63. The average Bonchev–Trinajstić information content (AvgIpc) is 3.31. The Morgan fingerprint density at radius 3 is 2.64 bits per heavy atom. The van der Waals surface area contributed by atoms with E-state index in [1.165, 1.54) is 0 Å². The minimum absolute atomic E-state index is 0.166. The van der Waals surface area contributed by atoms with Gasteiger partial charge in [-0.3, -0.25) is 5.41 Å². The number of pyridine rings is 1. The zero-order valence-corrected chi connectivity index (χ0v) is 16.7. The molecule has 6 nitrogen and oxygen atoms in total. The second-order valence-corrected chi connectivity index (χ2v) is 7.78. The number of hydrogen-bond donors (Lipinski definition) is 4. The van der Waals surface area contributed by atoms with Crippen molar-refractivity contribution in [2.45, 2.75) is 0 Å². The number of guanidine groups is 1. The lowest BCUT2D eigenvalue weighted by Crippen LogP contribution is -2.20. The molecule has 3 aromatic heterocycles. The van der Waals surface area contributed by atoms with E-state index in [0.29, 0.717) is 15.9 Å². The van der Waals surface area contributed by atoms with E-state index in [-0.39, 0.29) is 5.96 Å². The van der Waals surface area contributed by atoms with Crippen LogP contribution in [0.25, 0.3) is 32.3 Å². The Labute approximate surface area is 174 Å². The van der Waals surface area contributed by atoms with E-state index in [0.717, 1.165) is 32.3 Å². The molecule has 140 valence electrons. The van der Waals surface area contributed by atoms with E-state index in [2.05, 4.69) is 26.3 Å². The molecule has 5 N–H and O–H groups in total. The van der Waals surface area contributed by atoms with Gasteiger partial charge >= 0.3 is 0 Å². The molecule has 0 aliphatic heterocycles. The lowest BCUT2D eigenvalue weighted by Gasteiger charge is -2.05. The summed E-state index contributed by atoms with van der Waals surface area (Å²) < 4.78 is 0. The van der Waals surface area contributed by atoms with Gasteiger partial charge < -0.3 is 16.0 Å². The summed E-state index contributed by atoms with van der Waals surface area (Å²) >= 11 is 14.1. The van der Waals surface area contributed by atoms with Crippen molar-refractivity contribution in [2.24, 2.45) is 5.73 Å². The van der Waals surface area contributed by atoms with Gasteiger partial charge in [-0.25, -0.2) is 9.97 Å². The third kappa shape index (κ3) is 3.73. The minimum Gasteiger partial charge on any atom is -0.370 e. The van der Waals surface area contributed by atoms with E-state index < -0.39 is 0 Å². The molecule has 0 saturated carbocycles. The van der Waals surface area contributed by atoms with Crippen LogP contribution in [0.2, 0.25) is 10.0 Å². The van der Waals surface area contributed by atoms with Crippen LogP contribution >= 0.6 is 34.5 Å². The normalized spacial score (nSPS) is 10.8. The number of imidazole rings is 1. The quantitative estimate of drug-likeness (QED) is 0.255. The largest absolute Gasteiger partial charge is 0.370 e. The summed E-state index contributed by atoms with van der Waals surface area (Å²) in [5.41, 5.74) is 8.17. The molecule has 0 bridgehead atoms. The summed E-state index contributed by atoms with van der Waals surface area (Å²) in [4.78, 5) is 13.7. The highest BCUT2D eigenvalue weighted by atomic mass is 35.5. The molecular formula is C19H14Cl2N6S. The number of aromatic amines is 1. The fourth-order valence-electron chi connectivity index (χ4n) is 2.80. The Morgan fingerprint density at radius 2 is 1.93 bits per heavy atom. The number of anilines is 1. The number of thiophene rings is 1. The van der Waals surface area contributed by atoms with Gasteiger partial charge in [0.15, 0.2) is 5.96 Å². The summed E-state index contributed by atoms with van der Waals surface area (Å²) in [7, 11) is 0. The van der Waals surface area contributed by atoms with Crippen LogP contribution in [-0.2, 0) is 0 Å². The standard InChI is InChI=1S/C19H14Cl2N6S/c20-11-1-2-12(14(21)8-11)13-9-15(28-17(13)18-25-5-6-26-18)10-3-4-24-16(7-10)27-19(22)23/h1-9H,(H,25,26)(H4,22,23,24,27). The summed E-state index contributed by atoms with van der Waals surface area (Å²) in [5, 5.41) is 11.2. The zero-order chi connectivity index (χ0) is 19.7. The molecule has 4 aromatic rings. The van der Waals surface area contributed by atoms with E-state index in [1.54, 1.807) is 36.0 Å². The molecule has 4 rings (SSSR count). The van der Waals surface area contributed by atoms with E-state index in [9.17, 15) is 0 Å². The second-order valence-electron chi connectivity index (χ2n) is 5.88. The number of H-pyrrole nitrogens is 1. The van der Waals surface area contributed by atoms with Gasteiger partial charge in [0, 0.05) is 44.6 Å². The number of aromatic nitrogens is 3. The molecule has 0 spiro atoms. The van der Waals surface area contributed by atoms with Crippen LogP contribution in [0.1, 0.15) is 0 Å². The van der Waals surface area contributed by atoms with Crippen LogP contribution in [0, 0.1) is 5.41 Å².